The molecule has 81 valence electrons. The van der Waals surface area contributed by atoms with Crippen molar-refractivity contribution in [1.29, 1.82) is 0 Å². The summed E-state index contributed by atoms with van der Waals surface area (Å²) in [4.78, 5) is 2.25. The Morgan fingerprint density at radius 2 is 2.27 bits per heavy atom. The van der Waals surface area contributed by atoms with E-state index in [-0.39, 0.29) is 0 Å². The van der Waals surface area contributed by atoms with Crippen LogP contribution in [0.2, 0.25) is 0 Å². The first-order valence-corrected chi connectivity index (χ1v) is 5.55. The molecule has 2 heteroatoms. The molecule has 0 spiro atoms. The third-order valence-corrected chi connectivity index (χ3v) is 3.16. The molecule has 0 amide bonds. The molecule has 0 saturated carbocycles. The van der Waals surface area contributed by atoms with Crippen LogP contribution in [0.5, 0.6) is 0 Å². The van der Waals surface area contributed by atoms with E-state index in [9.17, 15) is 0 Å². The van der Waals surface area contributed by atoms with Gasteiger partial charge in [-0.1, -0.05) is 19.1 Å². The minimum Gasteiger partial charge on any atom is -0.384 e. The van der Waals surface area contributed by atoms with Gasteiger partial charge >= 0.3 is 0 Å². The summed E-state index contributed by atoms with van der Waals surface area (Å²) in [7, 11) is 4.25. The minimum atomic E-state index is 0.444. The van der Waals surface area contributed by atoms with Gasteiger partial charge in [-0.2, -0.15) is 0 Å². The van der Waals surface area contributed by atoms with Crippen molar-refractivity contribution in [3.8, 4) is 0 Å². The average Bonchev–Trinajstić information content (AvgIpc) is 2.66. The van der Waals surface area contributed by atoms with Gasteiger partial charge in [-0.25, -0.2) is 0 Å². The number of anilines is 1. The van der Waals surface area contributed by atoms with Crippen molar-refractivity contribution in [2.45, 2.75) is 18.9 Å². The van der Waals surface area contributed by atoms with Crippen molar-refractivity contribution in [2.75, 3.05) is 26.0 Å². The highest BCUT2D eigenvalue weighted by molar-refractivity contribution is 5.59. The molecule has 1 aromatic carbocycles. The van der Waals surface area contributed by atoms with Gasteiger partial charge in [-0.15, -0.1) is 0 Å². The van der Waals surface area contributed by atoms with E-state index in [0.29, 0.717) is 6.04 Å². The molecular formula is C13H19N2. The van der Waals surface area contributed by atoms with Crippen LogP contribution in [0.1, 0.15) is 23.6 Å². The van der Waals surface area contributed by atoms with Gasteiger partial charge in [-0.05, 0) is 44.1 Å². The summed E-state index contributed by atoms with van der Waals surface area (Å²) in [5.74, 6) is 0. The van der Waals surface area contributed by atoms with Gasteiger partial charge in [0.2, 0.25) is 0 Å². The van der Waals surface area contributed by atoms with Crippen molar-refractivity contribution in [2.24, 2.45) is 0 Å². The van der Waals surface area contributed by atoms with Crippen LogP contribution in [0.25, 0.3) is 0 Å². The highest BCUT2D eigenvalue weighted by Crippen LogP contribution is 2.32. The average molecular weight is 203 g/mol. The van der Waals surface area contributed by atoms with Crippen molar-refractivity contribution in [1.82, 2.24) is 4.90 Å². The normalized spacial score (nSPS) is 16.3. The van der Waals surface area contributed by atoms with Crippen molar-refractivity contribution < 1.29 is 0 Å². The fourth-order valence-corrected chi connectivity index (χ4v) is 2.38. The van der Waals surface area contributed by atoms with Gasteiger partial charge in [0.05, 0.1) is 0 Å². The molecular weight excluding hydrogens is 184 g/mol. The van der Waals surface area contributed by atoms with E-state index in [1.54, 1.807) is 0 Å². The highest BCUT2D eigenvalue weighted by Gasteiger charge is 2.20. The molecule has 15 heavy (non-hydrogen) atoms. The number of fused-ring (bicyclic) bond motifs is 1. The van der Waals surface area contributed by atoms with E-state index in [1.165, 1.54) is 16.8 Å². The van der Waals surface area contributed by atoms with Gasteiger partial charge < -0.3 is 10.2 Å². The third kappa shape index (κ3) is 1.86. The molecule has 2 nitrogen and oxygen atoms in total. The zero-order valence-corrected chi connectivity index (χ0v) is 9.59. The van der Waals surface area contributed by atoms with Crippen LogP contribution in [0.15, 0.2) is 18.2 Å². The number of nitrogens with zero attached hydrogens (tertiary/aromatic N) is 1. The second kappa shape index (κ2) is 4.23. The zero-order valence-electron chi connectivity index (χ0n) is 9.59. The molecule has 0 fully saturated rings. The van der Waals surface area contributed by atoms with E-state index in [4.69, 9.17) is 0 Å². The Kier molecular flexibility index (Phi) is 2.96. The number of hydrogen-bond donors (Lipinski definition) is 1. The van der Waals surface area contributed by atoms with E-state index < -0.39 is 0 Å². The van der Waals surface area contributed by atoms with Crippen LogP contribution >= 0.6 is 0 Å². The summed E-state index contributed by atoms with van der Waals surface area (Å²) < 4.78 is 0. The van der Waals surface area contributed by atoms with E-state index in [1.807, 2.05) is 0 Å². The summed E-state index contributed by atoms with van der Waals surface area (Å²) in [5, 5.41) is 3.42. The molecule has 1 aliphatic heterocycles. The SMILES string of the molecule is [CH2]CC(c1cccc2c1CCN2)N(C)C. The smallest absolute Gasteiger partial charge is 0.0376 e. The Balaban J connectivity index is 2.39. The van der Waals surface area contributed by atoms with Crippen molar-refractivity contribution >= 4 is 5.69 Å². The van der Waals surface area contributed by atoms with Crippen LogP contribution in [0, 0.1) is 6.92 Å². The summed E-state index contributed by atoms with van der Waals surface area (Å²) in [6.07, 6.45) is 2.07. The first-order chi connectivity index (χ1) is 7.24. The lowest BCUT2D eigenvalue weighted by molar-refractivity contribution is 0.299. The fourth-order valence-electron chi connectivity index (χ4n) is 2.38. The first kappa shape index (κ1) is 10.5. The molecule has 0 aromatic heterocycles. The molecule has 0 bridgehead atoms. The maximum Gasteiger partial charge on any atom is 0.0376 e. The van der Waals surface area contributed by atoms with Crippen LogP contribution in [0.3, 0.4) is 0 Å². The standard InChI is InChI=1S/C13H19N2/c1-4-13(15(2)3)11-6-5-7-12-10(11)8-9-14-12/h5-7,13-14H,1,4,8-9H2,2-3H3. The number of nitrogens with one attached hydrogen (secondary N) is 1. The van der Waals surface area contributed by atoms with Crippen LogP contribution in [-0.4, -0.2) is 25.5 Å². The van der Waals surface area contributed by atoms with Crippen LogP contribution in [-0.2, 0) is 6.42 Å². The van der Waals surface area contributed by atoms with Crippen molar-refractivity contribution in [3.05, 3.63) is 36.2 Å². The van der Waals surface area contributed by atoms with Gasteiger partial charge in [-0.3, -0.25) is 0 Å². The number of benzene rings is 1. The number of hydrogen-bond acceptors (Lipinski definition) is 2. The van der Waals surface area contributed by atoms with Crippen LogP contribution in [0.4, 0.5) is 5.69 Å². The topological polar surface area (TPSA) is 15.3 Å². The Morgan fingerprint density at radius 3 is 2.93 bits per heavy atom. The first-order valence-electron chi connectivity index (χ1n) is 5.55. The van der Waals surface area contributed by atoms with Gasteiger partial charge in [0.25, 0.3) is 0 Å². The molecule has 1 aromatic rings. The molecule has 2 rings (SSSR count). The predicted molar refractivity (Wildman–Crippen MR) is 65.0 cm³/mol. The summed E-state index contributed by atoms with van der Waals surface area (Å²) in [6.45, 7) is 5.12. The maximum absolute atomic E-state index is 4.05. The molecule has 1 atom stereocenters. The zero-order chi connectivity index (χ0) is 10.8. The van der Waals surface area contributed by atoms with Gasteiger partial charge in [0.1, 0.15) is 0 Å². The minimum absolute atomic E-state index is 0.444. The van der Waals surface area contributed by atoms with Gasteiger partial charge in [0.15, 0.2) is 0 Å². The maximum atomic E-state index is 4.05. The molecule has 1 unspecified atom stereocenters. The third-order valence-electron chi connectivity index (χ3n) is 3.16. The largest absolute Gasteiger partial charge is 0.384 e. The Morgan fingerprint density at radius 1 is 1.47 bits per heavy atom. The highest BCUT2D eigenvalue weighted by atomic mass is 15.1. The van der Waals surface area contributed by atoms with Gasteiger partial charge in [0, 0.05) is 18.3 Å². The fraction of sp³-hybridized carbons (Fsp3) is 0.462. The molecule has 1 radical (unpaired) electrons. The Hall–Kier alpha value is -1.02. The van der Waals surface area contributed by atoms with E-state index in [0.717, 1.165) is 19.4 Å². The Labute approximate surface area is 92.3 Å². The van der Waals surface area contributed by atoms with Crippen molar-refractivity contribution in [3.63, 3.8) is 0 Å². The second-order valence-electron chi connectivity index (χ2n) is 4.32. The Bertz CT molecular complexity index is 344. The molecule has 0 aliphatic carbocycles. The number of rotatable bonds is 3. The lowest BCUT2D eigenvalue weighted by atomic mass is 9.96. The molecule has 1 heterocycles. The quantitative estimate of drug-likeness (QED) is 0.812. The summed E-state index contributed by atoms with van der Waals surface area (Å²) in [6, 6.07) is 6.99. The lowest BCUT2D eigenvalue weighted by Crippen LogP contribution is -2.20. The molecule has 0 saturated heterocycles. The molecule has 1 N–H and O–H groups in total. The van der Waals surface area contributed by atoms with E-state index in [2.05, 4.69) is 49.4 Å². The monoisotopic (exact) mass is 203 g/mol. The van der Waals surface area contributed by atoms with Crippen LogP contribution < -0.4 is 5.32 Å². The lowest BCUT2D eigenvalue weighted by Gasteiger charge is -2.25. The van der Waals surface area contributed by atoms with E-state index >= 15 is 0 Å². The summed E-state index contributed by atoms with van der Waals surface area (Å²) in [5.41, 5.74) is 4.24. The second-order valence-corrected chi connectivity index (χ2v) is 4.32. The molecule has 1 aliphatic rings. The summed E-state index contributed by atoms with van der Waals surface area (Å²) >= 11 is 0. The predicted octanol–water partition coefficient (Wildman–Crippen LogP) is 2.48.